The van der Waals surface area contributed by atoms with Crippen molar-refractivity contribution in [3.8, 4) is 0 Å². The van der Waals surface area contributed by atoms with Gasteiger partial charge in [0.1, 0.15) is 0 Å². The lowest BCUT2D eigenvalue weighted by atomic mass is 10.2. The Morgan fingerprint density at radius 1 is 1.44 bits per heavy atom. The van der Waals surface area contributed by atoms with Crippen LogP contribution >= 0.6 is 0 Å². The molecule has 0 saturated heterocycles. The molecule has 5 nitrogen and oxygen atoms in total. The van der Waals surface area contributed by atoms with Crippen LogP contribution in [0.5, 0.6) is 0 Å². The van der Waals surface area contributed by atoms with E-state index in [2.05, 4.69) is 15.7 Å². The molecule has 1 N–H and O–H groups in total. The van der Waals surface area contributed by atoms with Crippen molar-refractivity contribution >= 4 is 5.91 Å². The first-order valence-corrected chi connectivity index (χ1v) is 5.23. The van der Waals surface area contributed by atoms with E-state index in [0.29, 0.717) is 29.5 Å². The molecule has 1 aromatic rings. The molecule has 0 radical (unpaired) electrons. The fourth-order valence-corrected chi connectivity index (χ4v) is 1.11. The Morgan fingerprint density at radius 2 is 2.12 bits per heavy atom. The quantitative estimate of drug-likeness (QED) is 0.784. The zero-order valence-electron chi connectivity index (χ0n) is 10.1. The van der Waals surface area contributed by atoms with Gasteiger partial charge in [-0.2, -0.15) is 10.2 Å². The summed E-state index contributed by atoms with van der Waals surface area (Å²) in [7, 11) is 0. The largest absolute Gasteiger partial charge is 0.276 e. The molecular weight excluding hydrogens is 206 g/mol. The number of aryl methyl sites for hydroxylation is 2. The number of hydroxylamine groups is 1. The van der Waals surface area contributed by atoms with Crippen LogP contribution in [0.2, 0.25) is 0 Å². The molecule has 0 atom stereocenters. The topological polar surface area (TPSA) is 64.1 Å². The Hall–Kier alpha value is -1.49. The third kappa shape index (κ3) is 3.58. The minimum atomic E-state index is -0.281. The van der Waals surface area contributed by atoms with Crippen molar-refractivity contribution in [1.82, 2.24) is 15.7 Å². The van der Waals surface area contributed by atoms with Crippen LogP contribution in [0.4, 0.5) is 0 Å². The highest BCUT2D eigenvalue weighted by molar-refractivity contribution is 5.94. The van der Waals surface area contributed by atoms with E-state index in [1.807, 2.05) is 13.8 Å². The van der Waals surface area contributed by atoms with E-state index in [1.54, 1.807) is 19.9 Å². The van der Waals surface area contributed by atoms with Crippen molar-refractivity contribution in [2.75, 3.05) is 6.61 Å². The number of carbonyl (C=O) groups is 1. The lowest BCUT2D eigenvalue weighted by Crippen LogP contribution is -2.26. The fraction of sp³-hybridized carbons (Fsp3) is 0.545. The predicted octanol–water partition coefficient (Wildman–Crippen LogP) is 1.41. The molecule has 1 amide bonds. The number of nitrogens with one attached hydrogen (secondary N) is 1. The Labute approximate surface area is 95.2 Å². The Balaban J connectivity index is 2.62. The van der Waals surface area contributed by atoms with Crippen molar-refractivity contribution in [2.24, 2.45) is 5.92 Å². The maximum Gasteiger partial charge on any atom is 0.276 e. The van der Waals surface area contributed by atoms with Crippen LogP contribution in [-0.2, 0) is 4.84 Å². The summed E-state index contributed by atoms with van der Waals surface area (Å²) >= 11 is 0. The standard InChI is InChI=1S/C11H17N3O2/c1-7(2)6-16-14-11(15)10-5-8(3)12-13-9(10)4/h5,7H,6H2,1-4H3,(H,14,15). The molecule has 16 heavy (non-hydrogen) atoms. The highest BCUT2D eigenvalue weighted by atomic mass is 16.6. The van der Waals surface area contributed by atoms with Crippen molar-refractivity contribution in [2.45, 2.75) is 27.7 Å². The molecule has 5 heteroatoms. The van der Waals surface area contributed by atoms with Crippen LogP contribution in [0.25, 0.3) is 0 Å². The summed E-state index contributed by atoms with van der Waals surface area (Å²) in [5, 5.41) is 7.74. The van der Waals surface area contributed by atoms with Gasteiger partial charge < -0.3 is 0 Å². The minimum Gasteiger partial charge on any atom is -0.273 e. The van der Waals surface area contributed by atoms with E-state index in [-0.39, 0.29) is 5.91 Å². The SMILES string of the molecule is Cc1cc(C(=O)NOCC(C)C)c(C)nn1. The number of amides is 1. The van der Waals surface area contributed by atoms with Crippen LogP contribution < -0.4 is 5.48 Å². The number of hydrogen-bond donors (Lipinski definition) is 1. The van der Waals surface area contributed by atoms with Crippen molar-refractivity contribution in [3.63, 3.8) is 0 Å². The molecule has 0 spiro atoms. The summed E-state index contributed by atoms with van der Waals surface area (Å²) < 4.78 is 0. The number of rotatable bonds is 4. The first-order chi connectivity index (χ1) is 7.50. The molecule has 0 fully saturated rings. The molecule has 1 aromatic heterocycles. The average molecular weight is 223 g/mol. The molecule has 88 valence electrons. The van der Waals surface area contributed by atoms with Gasteiger partial charge in [-0.3, -0.25) is 9.63 Å². The van der Waals surface area contributed by atoms with Crippen molar-refractivity contribution in [1.29, 1.82) is 0 Å². The van der Waals surface area contributed by atoms with Crippen LogP contribution in [0, 0.1) is 19.8 Å². The van der Waals surface area contributed by atoms with Gasteiger partial charge in [-0.05, 0) is 25.8 Å². The second-order valence-electron chi connectivity index (χ2n) is 4.12. The Morgan fingerprint density at radius 3 is 2.75 bits per heavy atom. The maximum absolute atomic E-state index is 11.7. The summed E-state index contributed by atoms with van der Waals surface area (Å²) in [5.74, 6) is 0.0925. The van der Waals surface area contributed by atoms with Gasteiger partial charge in [0.05, 0.1) is 23.6 Å². The van der Waals surface area contributed by atoms with Gasteiger partial charge in [-0.25, -0.2) is 5.48 Å². The number of aromatic nitrogens is 2. The van der Waals surface area contributed by atoms with Gasteiger partial charge in [-0.1, -0.05) is 13.8 Å². The zero-order valence-corrected chi connectivity index (χ0v) is 10.1. The minimum absolute atomic E-state index is 0.281. The van der Waals surface area contributed by atoms with E-state index in [4.69, 9.17) is 4.84 Å². The summed E-state index contributed by atoms with van der Waals surface area (Å²) in [4.78, 5) is 16.8. The average Bonchev–Trinajstić information content (AvgIpc) is 2.21. The Kier molecular flexibility index (Phi) is 4.37. The zero-order chi connectivity index (χ0) is 12.1. The van der Waals surface area contributed by atoms with Crippen LogP contribution in [0.1, 0.15) is 35.6 Å². The molecule has 0 unspecified atom stereocenters. The van der Waals surface area contributed by atoms with E-state index < -0.39 is 0 Å². The lowest BCUT2D eigenvalue weighted by molar-refractivity contribution is 0.0207. The lowest BCUT2D eigenvalue weighted by Gasteiger charge is -2.09. The number of nitrogens with zero attached hydrogens (tertiary/aromatic N) is 2. The normalized spacial score (nSPS) is 10.6. The third-order valence-corrected chi connectivity index (χ3v) is 1.93. The molecular formula is C11H17N3O2. The predicted molar refractivity (Wildman–Crippen MR) is 59.8 cm³/mol. The molecule has 1 heterocycles. The molecule has 0 bridgehead atoms. The van der Waals surface area contributed by atoms with Gasteiger partial charge in [0.2, 0.25) is 0 Å². The van der Waals surface area contributed by atoms with Crippen LogP contribution in [0.3, 0.4) is 0 Å². The highest BCUT2D eigenvalue weighted by Gasteiger charge is 2.11. The molecule has 0 aliphatic carbocycles. The number of hydrogen-bond acceptors (Lipinski definition) is 4. The van der Waals surface area contributed by atoms with Crippen molar-refractivity contribution in [3.05, 3.63) is 23.0 Å². The summed E-state index contributed by atoms with van der Waals surface area (Å²) in [6, 6.07) is 1.69. The summed E-state index contributed by atoms with van der Waals surface area (Å²) in [6.45, 7) is 8.04. The second-order valence-corrected chi connectivity index (χ2v) is 4.12. The summed E-state index contributed by atoms with van der Waals surface area (Å²) in [5.41, 5.74) is 4.19. The van der Waals surface area contributed by atoms with E-state index in [1.165, 1.54) is 0 Å². The Bertz CT molecular complexity index is 377. The molecule has 0 saturated carbocycles. The van der Waals surface area contributed by atoms with Crippen molar-refractivity contribution < 1.29 is 9.63 Å². The first kappa shape index (κ1) is 12.6. The van der Waals surface area contributed by atoms with Gasteiger partial charge in [-0.15, -0.1) is 0 Å². The van der Waals surface area contributed by atoms with Gasteiger partial charge >= 0.3 is 0 Å². The van der Waals surface area contributed by atoms with Gasteiger partial charge in [0, 0.05) is 0 Å². The maximum atomic E-state index is 11.7. The van der Waals surface area contributed by atoms with E-state index in [0.717, 1.165) is 0 Å². The molecule has 0 aliphatic rings. The highest BCUT2D eigenvalue weighted by Crippen LogP contribution is 2.05. The monoisotopic (exact) mass is 223 g/mol. The van der Waals surface area contributed by atoms with Crippen LogP contribution in [0.15, 0.2) is 6.07 Å². The van der Waals surface area contributed by atoms with E-state index in [9.17, 15) is 4.79 Å². The third-order valence-electron chi connectivity index (χ3n) is 1.93. The smallest absolute Gasteiger partial charge is 0.273 e. The summed E-state index contributed by atoms with van der Waals surface area (Å²) in [6.07, 6.45) is 0. The fourth-order valence-electron chi connectivity index (χ4n) is 1.11. The van der Waals surface area contributed by atoms with Gasteiger partial charge in [0.25, 0.3) is 5.91 Å². The van der Waals surface area contributed by atoms with E-state index >= 15 is 0 Å². The second kappa shape index (κ2) is 5.55. The molecule has 0 aromatic carbocycles. The van der Waals surface area contributed by atoms with Gasteiger partial charge in [0.15, 0.2) is 0 Å². The molecule has 1 rings (SSSR count). The van der Waals surface area contributed by atoms with Crippen LogP contribution in [-0.4, -0.2) is 22.7 Å². The first-order valence-electron chi connectivity index (χ1n) is 5.23. The number of carbonyl (C=O) groups excluding carboxylic acids is 1. The molecule has 0 aliphatic heterocycles.